The molecule has 1 fully saturated rings. The molecule has 0 radical (unpaired) electrons. The molecule has 25 heavy (non-hydrogen) atoms. The van der Waals surface area contributed by atoms with Crippen LogP contribution in [-0.2, 0) is 14.8 Å². The molecule has 1 N–H and O–H groups in total. The van der Waals surface area contributed by atoms with Crippen LogP contribution in [0.5, 0.6) is 0 Å². The third kappa shape index (κ3) is 4.60. The summed E-state index contributed by atoms with van der Waals surface area (Å²) in [7, 11) is -3.36. The van der Waals surface area contributed by atoms with Crippen molar-refractivity contribution in [2.45, 2.75) is 35.0 Å². The van der Waals surface area contributed by atoms with Crippen molar-refractivity contribution in [2.24, 2.45) is 0 Å². The number of rotatable bonds is 5. The number of carbonyl (C=O) groups is 1. The first-order chi connectivity index (χ1) is 11.8. The van der Waals surface area contributed by atoms with Gasteiger partial charge < -0.3 is 5.32 Å². The number of amides is 1. The first-order valence-corrected chi connectivity index (χ1v) is 11.3. The zero-order chi connectivity index (χ0) is 18.0. The van der Waals surface area contributed by atoms with Crippen LogP contribution in [0.1, 0.15) is 18.5 Å². The van der Waals surface area contributed by atoms with Gasteiger partial charge in [-0.05, 0) is 44.0 Å². The summed E-state index contributed by atoms with van der Waals surface area (Å²) in [6, 6.07) is 6.85. The van der Waals surface area contributed by atoms with Crippen LogP contribution < -0.4 is 5.32 Å². The maximum Gasteiger partial charge on any atom is 0.242 e. The third-order valence-electron chi connectivity index (χ3n) is 3.86. The van der Waals surface area contributed by atoms with Gasteiger partial charge >= 0.3 is 0 Å². The zero-order valence-corrected chi connectivity index (χ0v) is 16.4. The summed E-state index contributed by atoms with van der Waals surface area (Å²) in [4.78, 5) is 17.9. The number of thiazole rings is 1. The molecule has 0 bridgehead atoms. The molecule has 1 aromatic carbocycles. The minimum absolute atomic E-state index is 0.279. The average Bonchev–Trinajstić information content (AvgIpc) is 3.18. The molecule has 9 heteroatoms. The Bertz CT molecular complexity index is 862. The Kier molecular flexibility index (Phi) is 5.47. The van der Waals surface area contributed by atoms with Crippen LogP contribution in [0, 0.1) is 6.92 Å². The number of carbonyl (C=O) groups excluding carboxylic acids is 1. The summed E-state index contributed by atoms with van der Waals surface area (Å²) in [6.45, 7) is 2.36. The summed E-state index contributed by atoms with van der Waals surface area (Å²) in [5.41, 5.74) is 1.66. The van der Waals surface area contributed by atoms with Gasteiger partial charge in [0.25, 0.3) is 0 Å². The van der Waals surface area contributed by atoms with E-state index < -0.39 is 16.1 Å². The first kappa shape index (κ1) is 18.4. The van der Waals surface area contributed by atoms with Crippen LogP contribution in [0.15, 0.2) is 38.9 Å². The van der Waals surface area contributed by atoms with Crippen molar-refractivity contribution in [1.29, 1.82) is 0 Å². The van der Waals surface area contributed by atoms with Gasteiger partial charge in [-0.1, -0.05) is 11.8 Å². The van der Waals surface area contributed by atoms with Crippen molar-refractivity contribution in [1.82, 2.24) is 9.29 Å². The van der Waals surface area contributed by atoms with Gasteiger partial charge in [0.1, 0.15) is 6.04 Å². The van der Waals surface area contributed by atoms with Gasteiger partial charge in [0.2, 0.25) is 15.9 Å². The Morgan fingerprint density at radius 2 is 2.08 bits per heavy atom. The summed E-state index contributed by atoms with van der Waals surface area (Å²) in [5, 5.41) is 4.82. The molecule has 2 heterocycles. The lowest BCUT2D eigenvalue weighted by Gasteiger charge is -2.21. The van der Waals surface area contributed by atoms with Crippen molar-refractivity contribution < 1.29 is 13.2 Å². The van der Waals surface area contributed by atoms with Gasteiger partial charge in [0.15, 0.2) is 4.34 Å². The Morgan fingerprint density at radius 1 is 1.36 bits per heavy atom. The van der Waals surface area contributed by atoms with E-state index in [9.17, 15) is 13.2 Å². The van der Waals surface area contributed by atoms with Crippen molar-refractivity contribution in [3.63, 3.8) is 0 Å². The average molecular weight is 398 g/mol. The van der Waals surface area contributed by atoms with Crippen LogP contribution in [0.4, 0.5) is 5.69 Å². The molecule has 1 amide bonds. The molecule has 1 aliphatic heterocycles. The van der Waals surface area contributed by atoms with Gasteiger partial charge in [0, 0.05) is 28.2 Å². The molecule has 0 spiro atoms. The molecule has 1 saturated heterocycles. The molecule has 1 atom stereocenters. The molecule has 6 nitrogen and oxygen atoms in total. The number of hydrogen-bond acceptors (Lipinski definition) is 6. The number of anilines is 1. The smallest absolute Gasteiger partial charge is 0.242 e. The first-order valence-electron chi connectivity index (χ1n) is 7.80. The van der Waals surface area contributed by atoms with Crippen LogP contribution >= 0.6 is 23.1 Å². The Hall–Kier alpha value is -1.42. The molecule has 3 rings (SSSR count). The molecular formula is C16H19N3O3S3. The van der Waals surface area contributed by atoms with Crippen molar-refractivity contribution in [3.8, 4) is 0 Å². The van der Waals surface area contributed by atoms with E-state index in [1.54, 1.807) is 23.1 Å². The van der Waals surface area contributed by atoms with E-state index in [1.807, 2.05) is 36.6 Å². The van der Waals surface area contributed by atoms with Gasteiger partial charge in [-0.2, -0.15) is 4.31 Å². The maximum absolute atomic E-state index is 12.4. The van der Waals surface area contributed by atoms with Crippen LogP contribution in [0.3, 0.4) is 0 Å². The molecular weight excluding hydrogens is 378 g/mol. The van der Waals surface area contributed by atoms with E-state index in [1.165, 1.54) is 4.31 Å². The number of aromatic nitrogens is 1. The predicted octanol–water partition coefficient (Wildman–Crippen LogP) is 2.97. The van der Waals surface area contributed by atoms with E-state index >= 15 is 0 Å². The Labute approximate surface area is 155 Å². The highest BCUT2D eigenvalue weighted by Gasteiger charge is 2.36. The van der Waals surface area contributed by atoms with E-state index in [0.717, 1.165) is 21.2 Å². The molecule has 1 aromatic heterocycles. The highest BCUT2D eigenvalue weighted by atomic mass is 32.2. The minimum atomic E-state index is -3.36. The molecule has 0 unspecified atom stereocenters. The summed E-state index contributed by atoms with van der Waals surface area (Å²) < 4.78 is 25.8. The number of nitrogens with zero attached hydrogens (tertiary/aromatic N) is 2. The van der Waals surface area contributed by atoms with E-state index in [0.29, 0.717) is 25.1 Å². The molecule has 1 aliphatic rings. The van der Waals surface area contributed by atoms with Crippen LogP contribution in [0.2, 0.25) is 0 Å². The minimum Gasteiger partial charge on any atom is -0.325 e. The lowest BCUT2D eigenvalue weighted by Crippen LogP contribution is -2.42. The fourth-order valence-electron chi connectivity index (χ4n) is 2.71. The predicted molar refractivity (Wildman–Crippen MR) is 101 cm³/mol. The molecule has 2 aromatic rings. The second-order valence-corrected chi connectivity index (χ2v) is 10.0. The van der Waals surface area contributed by atoms with E-state index in [-0.39, 0.29) is 5.91 Å². The lowest BCUT2D eigenvalue weighted by molar-refractivity contribution is -0.119. The maximum atomic E-state index is 12.4. The zero-order valence-electron chi connectivity index (χ0n) is 13.9. The number of hydrogen-bond donors (Lipinski definition) is 1. The SMILES string of the molecule is Cc1csc(Sc2ccc(NC(=O)[C@@H]3CCCN3S(C)(=O)=O)cc2)n1. The number of sulfonamides is 1. The summed E-state index contributed by atoms with van der Waals surface area (Å²) in [6.07, 6.45) is 2.40. The third-order valence-corrected chi connectivity index (χ3v) is 7.21. The second kappa shape index (κ2) is 7.45. The quantitative estimate of drug-likeness (QED) is 0.839. The lowest BCUT2D eigenvalue weighted by atomic mass is 10.2. The largest absolute Gasteiger partial charge is 0.325 e. The monoisotopic (exact) mass is 397 g/mol. The van der Waals surface area contributed by atoms with Crippen LogP contribution in [-0.4, -0.2) is 42.5 Å². The van der Waals surface area contributed by atoms with Gasteiger partial charge in [-0.25, -0.2) is 13.4 Å². The normalized spacial score (nSPS) is 18.4. The van der Waals surface area contributed by atoms with Gasteiger partial charge in [-0.15, -0.1) is 11.3 Å². The highest BCUT2D eigenvalue weighted by molar-refractivity contribution is 8.01. The fraction of sp³-hybridized carbons (Fsp3) is 0.375. The number of aryl methyl sites for hydroxylation is 1. The standard InChI is InChI=1S/C16H19N3O3S3/c1-11-10-23-16(17-11)24-13-7-5-12(6-8-13)18-15(20)14-4-3-9-19(14)25(2,21)22/h5-8,10,14H,3-4,9H2,1-2H3,(H,18,20)/t14-/m0/s1. The van der Waals surface area contributed by atoms with E-state index in [2.05, 4.69) is 10.3 Å². The summed E-state index contributed by atoms with van der Waals surface area (Å²) in [5.74, 6) is -0.279. The number of nitrogens with one attached hydrogen (secondary N) is 1. The van der Waals surface area contributed by atoms with Crippen molar-refractivity contribution in [3.05, 3.63) is 35.3 Å². The Morgan fingerprint density at radius 3 is 2.68 bits per heavy atom. The molecule has 134 valence electrons. The summed E-state index contributed by atoms with van der Waals surface area (Å²) >= 11 is 3.17. The van der Waals surface area contributed by atoms with Gasteiger partial charge in [-0.3, -0.25) is 4.79 Å². The topological polar surface area (TPSA) is 79.4 Å². The Balaban J connectivity index is 1.64. The molecule has 0 saturated carbocycles. The second-order valence-electron chi connectivity index (χ2n) is 5.90. The number of benzene rings is 1. The molecule has 0 aliphatic carbocycles. The highest BCUT2D eigenvalue weighted by Crippen LogP contribution is 2.31. The fourth-order valence-corrected chi connectivity index (χ4v) is 5.64. The van der Waals surface area contributed by atoms with Gasteiger partial charge in [0.05, 0.1) is 6.26 Å². The van der Waals surface area contributed by atoms with Crippen molar-refractivity contribution >= 4 is 44.7 Å². The van der Waals surface area contributed by atoms with Crippen molar-refractivity contribution in [2.75, 3.05) is 18.1 Å². The van der Waals surface area contributed by atoms with Crippen LogP contribution in [0.25, 0.3) is 0 Å². The van der Waals surface area contributed by atoms with E-state index in [4.69, 9.17) is 0 Å².